The van der Waals surface area contributed by atoms with Crippen molar-refractivity contribution in [3.63, 3.8) is 0 Å². The minimum Gasteiger partial charge on any atom is -0.396 e. The fourth-order valence-corrected chi connectivity index (χ4v) is 1.66. The van der Waals surface area contributed by atoms with Crippen molar-refractivity contribution in [1.82, 2.24) is 0 Å². The van der Waals surface area contributed by atoms with Crippen molar-refractivity contribution in [1.29, 1.82) is 0 Å². The van der Waals surface area contributed by atoms with Crippen molar-refractivity contribution in [2.75, 3.05) is 0 Å². The number of alkyl halides is 2. The Balaban J connectivity index is 2.37. The van der Waals surface area contributed by atoms with E-state index in [0.29, 0.717) is 0 Å². The van der Waals surface area contributed by atoms with Gasteiger partial charge in [-0.1, -0.05) is 6.92 Å². The summed E-state index contributed by atoms with van der Waals surface area (Å²) in [6.07, 6.45) is -1.06. The van der Waals surface area contributed by atoms with Gasteiger partial charge in [-0.3, -0.25) is 0 Å². The topological polar surface area (TPSA) is 18.5 Å². The van der Waals surface area contributed by atoms with Crippen LogP contribution in [0.4, 0.5) is 8.78 Å². The summed E-state index contributed by atoms with van der Waals surface area (Å²) in [5.74, 6) is 0.626. The number of ether oxygens (including phenoxy) is 2. The maximum atomic E-state index is 12.6. The van der Waals surface area contributed by atoms with Crippen molar-refractivity contribution < 1.29 is 18.3 Å². The van der Waals surface area contributed by atoms with Crippen molar-refractivity contribution in [2.24, 2.45) is 5.92 Å². The zero-order chi connectivity index (χ0) is 9.64. The van der Waals surface area contributed by atoms with E-state index < -0.39 is 6.29 Å². The fraction of sp³-hybridized carbons (Fsp3) is 0.556. The van der Waals surface area contributed by atoms with E-state index >= 15 is 0 Å². The first-order valence-corrected chi connectivity index (χ1v) is 4.16. The Morgan fingerprint density at radius 2 is 2.15 bits per heavy atom. The Hall–Kier alpha value is -1.06. The number of rotatable bonds is 0. The average molecular weight is 188 g/mol. The minimum atomic E-state index is -3.48. The summed E-state index contributed by atoms with van der Waals surface area (Å²) < 4.78 is 34.0. The molecule has 0 N–H and O–H groups in total. The van der Waals surface area contributed by atoms with Gasteiger partial charge in [-0.25, -0.2) is 0 Å². The molecule has 1 aliphatic carbocycles. The van der Waals surface area contributed by atoms with Gasteiger partial charge >= 0.3 is 6.29 Å². The van der Waals surface area contributed by atoms with Gasteiger partial charge in [0.25, 0.3) is 0 Å². The first-order valence-electron chi connectivity index (χ1n) is 4.16. The molecule has 0 radical (unpaired) electrons. The number of halogens is 2. The molecule has 0 aromatic carbocycles. The van der Waals surface area contributed by atoms with Crippen LogP contribution in [0, 0.1) is 5.92 Å². The van der Waals surface area contributed by atoms with Crippen LogP contribution in [0.15, 0.2) is 23.2 Å². The van der Waals surface area contributed by atoms with Gasteiger partial charge in [0.2, 0.25) is 0 Å². The van der Waals surface area contributed by atoms with Crippen LogP contribution in [0.5, 0.6) is 0 Å². The summed E-state index contributed by atoms with van der Waals surface area (Å²) in [6, 6.07) is 0. The van der Waals surface area contributed by atoms with Gasteiger partial charge in [0.15, 0.2) is 11.5 Å². The van der Waals surface area contributed by atoms with E-state index in [-0.39, 0.29) is 17.4 Å². The largest absolute Gasteiger partial charge is 0.586 e. The SMILES string of the molecule is CC1=C2OC(F)(F)OC2=CC(C)C1. The van der Waals surface area contributed by atoms with Crippen LogP contribution in [0.25, 0.3) is 0 Å². The van der Waals surface area contributed by atoms with Gasteiger partial charge in [0.1, 0.15) is 0 Å². The Bertz CT molecular complexity index is 305. The molecule has 1 aliphatic heterocycles. The second-order valence-corrected chi connectivity index (χ2v) is 3.49. The van der Waals surface area contributed by atoms with Gasteiger partial charge in [-0.2, -0.15) is 0 Å². The second kappa shape index (κ2) is 2.47. The molecular weight excluding hydrogens is 178 g/mol. The molecule has 13 heavy (non-hydrogen) atoms. The monoisotopic (exact) mass is 188 g/mol. The third-order valence-electron chi connectivity index (χ3n) is 2.13. The number of fused-ring (bicyclic) bond motifs is 1. The molecule has 72 valence electrons. The molecule has 0 spiro atoms. The van der Waals surface area contributed by atoms with Crippen LogP contribution in [0.3, 0.4) is 0 Å². The van der Waals surface area contributed by atoms with E-state index in [2.05, 4.69) is 9.47 Å². The molecule has 2 aliphatic rings. The molecule has 0 aromatic heterocycles. The van der Waals surface area contributed by atoms with E-state index in [1.54, 1.807) is 13.0 Å². The molecule has 1 atom stereocenters. The van der Waals surface area contributed by atoms with Crippen molar-refractivity contribution >= 4 is 0 Å². The van der Waals surface area contributed by atoms with E-state index in [0.717, 1.165) is 12.0 Å². The molecular formula is C9H10F2O2. The summed E-state index contributed by atoms with van der Waals surface area (Å²) in [7, 11) is 0. The number of hydrogen-bond donors (Lipinski definition) is 0. The van der Waals surface area contributed by atoms with Gasteiger partial charge in [-0.15, -0.1) is 8.78 Å². The zero-order valence-electron chi connectivity index (χ0n) is 7.43. The highest BCUT2D eigenvalue weighted by atomic mass is 19.3. The molecule has 0 saturated carbocycles. The Kier molecular flexibility index (Phi) is 1.62. The lowest BCUT2D eigenvalue weighted by Gasteiger charge is -2.14. The molecule has 1 heterocycles. The molecule has 0 aromatic rings. The van der Waals surface area contributed by atoms with Crippen LogP contribution in [-0.4, -0.2) is 6.29 Å². The van der Waals surface area contributed by atoms with E-state index in [4.69, 9.17) is 0 Å². The summed E-state index contributed by atoms with van der Waals surface area (Å²) in [4.78, 5) is 0. The predicted octanol–water partition coefficient (Wildman–Crippen LogP) is 2.78. The Morgan fingerprint density at radius 3 is 2.85 bits per heavy atom. The third-order valence-corrected chi connectivity index (χ3v) is 2.13. The van der Waals surface area contributed by atoms with E-state index in [9.17, 15) is 8.78 Å². The predicted molar refractivity (Wildman–Crippen MR) is 41.7 cm³/mol. The number of hydrogen-bond acceptors (Lipinski definition) is 2. The highest BCUT2D eigenvalue weighted by Crippen LogP contribution is 2.42. The lowest BCUT2D eigenvalue weighted by molar-refractivity contribution is -0.326. The zero-order valence-corrected chi connectivity index (χ0v) is 7.43. The lowest BCUT2D eigenvalue weighted by Crippen LogP contribution is -2.14. The minimum absolute atomic E-state index is 0.182. The maximum Gasteiger partial charge on any atom is 0.586 e. The van der Waals surface area contributed by atoms with Crippen molar-refractivity contribution in [2.45, 2.75) is 26.6 Å². The fourth-order valence-electron chi connectivity index (χ4n) is 1.66. The van der Waals surface area contributed by atoms with Crippen molar-refractivity contribution in [3.8, 4) is 0 Å². The Morgan fingerprint density at radius 1 is 1.46 bits per heavy atom. The summed E-state index contributed by atoms with van der Waals surface area (Å²) in [5.41, 5.74) is 0.821. The first kappa shape index (κ1) is 8.53. The summed E-state index contributed by atoms with van der Waals surface area (Å²) in [6.45, 7) is 3.73. The van der Waals surface area contributed by atoms with Gasteiger partial charge in [0.05, 0.1) is 0 Å². The molecule has 1 unspecified atom stereocenters. The van der Waals surface area contributed by atoms with Crippen molar-refractivity contribution in [3.05, 3.63) is 23.2 Å². The first-order chi connectivity index (χ1) is 5.98. The maximum absolute atomic E-state index is 12.6. The molecule has 4 heteroatoms. The van der Waals surface area contributed by atoms with Gasteiger partial charge in [0, 0.05) is 0 Å². The van der Waals surface area contributed by atoms with E-state index in [1.807, 2.05) is 6.92 Å². The summed E-state index contributed by atoms with van der Waals surface area (Å²) >= 11 is 0. The molecule has 0 amide bonds. The molecule has 1 fully saturated rings. The summed E-state index contributed by atoms with van der Waals surface area (Å²) in [5, 5.41) is 0. The van der Waals surface area contributed by atoms with Crippen LogP contribution < -0.4 is 0 Å². The molecule has 0 bridgehead atoms. The average Bonchev–Trinajstić information content (AvgIpc) is 2.23. The third kappa shape index (κ3) is 1.41. The van der Waals surface area contributed by atoms with E-state index in [1.165, 1.54) is 0 Å². The normalized spacial score (nSPS) is 30.5. The van der Waals surface area contributed by atoms with Gasteiger partial charge in [-0.05, 0) is 30.9 Å². The van der Waals surface area contributed by atoms with Crippen LogP contribution in [-0.2, 0) is 9.47 Å². The van der Waals surface area contributed by atoms with Gasteiger partial charge < -0.3 is 9.47 Å². The van der Waals surface area contributed by atoms with Crippen LogP contribution in [0.2, 0.25) is 0 Å². The molecule has 2 rings (SSSR count). The molecule has 2 nitrogen and oxygen atoms in total. The quantitative estimate of drug-likeness (QED) is 0.582. The number of allylic oxidation sites excluding steroid dienone is 2. The van der Waals surface area contributed by atoms with Crippen LogP contribution >= 0.6 is 0 Å². The lowest BCUT2D eigenvalue weighted by atomic mass is 9.95. The highest BCUT2D eigenvalue weighted by Gasteiger charge is 2.47. The Labute approximate surface area is 74.8 Å². The highest BCUT2D eigenvalue weighted by molar-refractivity contribution is 5.32. The second-order valence-electron chi connectivity index (χ2n) is 3.49. The van der Waals surface area contributed by atoms with Crippen LogP contribution in [0.1, 0.15) is 20.3 Å². The molecule has 1 saturated heterocycles. The smallest absolute Gasteiger partial charge is 0.396 e. The standard InChI is InChI=1S/C9H10F2O2/c1-5-3-6(2)8-7(4-5)12-9(10,11)13-8/h4-5H,3H2,1-2H3.